The van der Waals surface area contributed by atoms with Crippen LogP contribution in [0, 0.1) is 20.2 Å². The van der Waals surface area contributed by atoms with Crippen molar-refractivity contribution in [1.82, 2.24) is 0 Å². The van der Waals surface area contributed by atoms with Gasteiger partial charge in [-0.15, -0.1) is 0 Å². The van der Waals surface area contributed by atoms with Crippen molar-refractivity contribution in [1.29, 1.82) is 0 Å². The summed E-state index contributed by atoms with van der Waals surface area (Å²) in [5.74, 6) is 0. The molecule has 0 fully saturated rings. The normalized spacial score (nSPS) is 16.0. The summed E-state index contributed by atoms with van der Waals surface area (Å²) < 4.78 is 0. The molecule has 0 aliphatic rings. The molecule has 0 saturated carbocycles. The first-order valence-corrected chi connectivity index (χ1v) is 9.48. The molecule has 0 rings (SSSR count). The van der Waals surface area contributed by atoms with E-state index in [1.165, 1.54) is 12.2 Å². The third-order valence-corrected chi connectivity index (χ3v) is 4.48. The van der Waals surface area contributed by atoms with E-state index in [-0.39, 0.29) is 25.7 Å². The molecule has 0 aromatic rings. The fourth-order valence-electron chi connectivity index (χ4n) is 2.80. The summed E-state index contributed by atoms with van der Waals surface area (Å²) in [6.07, 6.45) is 6.66. The number of carbonyl (C=O) groups excluding carboxylic acids is 1. The Morgan fingerprint density at radius 3 is 2.04 bits per heavy atom. The lowest BCUT2D eigenvalue weighted by atomic mass is 9.99. The molecule has 4 unspecified atom stereocenters. The summed E-state index contributed by atoms with van der Waals surface area (Å²) in [7, 11) is 0. The maximum atomic E-state index is 11.1. The fourth-order valence-corrected chi connectivity index (χ4v) is 2.80. The van der Waals surface area contributed by atoms with Gasteiger partial charge >= 0.3 is 0 Å². The van der Waals surface area contributed by atoms with E-state index >= 15 is 0 Å². The van der Waals surface area contributed by atoms with E-state index in [0.29, 0.717) is 19.3 Å². The van der Waals surface area contributed by atoms with Crippen molar-refractivity contribution in [3.05, 3.63) is 32.4 Å². The van der Waals surface area contributed by atoms with Crippen LogP contribution >= 0.6 is 0 Å². The summed E-state index contributed by atoms with van der Waals surface area (Å²) >= 11 is 0. The van der Waals surface area contributed by atoms with Crippen molar-refractivity contribution in [3.8, 4) is 0 Å². The van der Waals surface area contributed by atoms with Gasteiger partial charge in [-0.3, -0.25) is 25.0 Å². The average molecular weight is 387 g/mol. The molecule has 27 heavy (non-hydrogen) atoms. The molecule has 0 saturated heterocycles. The zero-order valence-electron chi connectivity index (χ0n) is 15.9. The molecule has 1 radical (unpaired) electrons. The quantitative estimate of drug-likeness (QED) is 0.169. The first-order chi connectivity index (χ1) is 12.8. The van der Waals surface area contributed by atoms with E-state index in [1.54, 1.807) is 6.29 Å². The summed E-state index contributed by atoms with van der Waals surface area (Å²) in [6, 6.07) is -2.27. The van der Waals surface area contributed by atoms with E-state index < -0.39 is 34.1 Å². The molecule has 4 atom stereocenters. The maximum absolute atomic E-state index is 11.1. The predicted octanol–water partition coefficient (Wildman–Crippen LogP) is 2.59. The highest BCUT2D eigenvalue weighted by Crippen LogP contribution is 2.15. The third-order valence-electron chi connectivity index (χ3n) is 4.48. The number of aliphatic hydroxyl groups is 2. The Morgan fingerprint density at radius 2 is 1.48 bits per heavy atom. The molecule has 2 N–H and O–H groups in total. The number of nitro groups is 2. The van der Waals surface area contributed by atoms with Gasteiger partial charge in [-0.05, 0) is 25.7 Å². The zero-order valence-corrected chi connectivity index (χ0v) is 15.9. The van der Waals surface area contributed by atoms with Crippen molar-refractivity contribution in [2.45, 2.75) is 95.4 Å². The molecular formula is C18H31N2O7. The van der Waals surface area contributed by atoms with Crippen LogP contribution in [0.4, 0.5) is 0 Å². The van der Waals surface area contributed by atoms with Crippen molar-refractivity contribution >= 4 is 6.29 Å². The van der Waals surface area contributed by atoms with Crippen LogP contribution in [-0.4, -0.2) is 50.6 Å². The molecule has 0 amide bonds. The molecule has 0 aromatic carbocycles. The first-order valence-electron chi connectivity index (χ1n) is 9.48. The number of rotatable bonds is 17. The minimum absolute atomic E-state index is 0.00180. The van der Waals surface area contributed by atoms with Crippen molar-refractivity contribution in [3.63, 3.8) is 0 Å². The summed E-state index contributed by atoms with van der Waals surface area (Å²) in [4.78, 5) is 31.3. The lowest BCUT2D eigenvalue weighted by molar-refractivity contribution is -0.535. The van der Waals surface area contributed by atoms with Gasteiger partial charge in [0.2, 0.25) is 12.1 Å². The van der Waals surface area contributed by atoms with Crippen LogP contribution in [0.1, 0.15) is 71.1 Å². The molecule has 9 nitrogen and oxygen atoms in total. The number of unbranched alkanes of at least 4 members (excludes halogenated alkanes) is 4. The van der Waals surface area contributed by atoms with Crippen LogP contribution in [0.5, 0.6) is 0 Å². The molecule has 0 aromatic heterocycles. The average Bonchev–Trinajstić information content (AvgIpc) is 2.60. The standard InChI is InChI=1S/C18H31N2O7/c1-2-3-5-12-17(22)16(20(26)27)11-7-8-13-18(23)15(19(24)25)10-6-4-9-14-21/h7-8,15-18,22-23H,2-6,9-13H2,1H3/b8-7-. The SMILES string of the molecule is CCCCCC(O)C(C/C=C\CC(O)C(CCCC[C]=O)[N+](=O)[O-])[N+](=O)[O-]. The van der Waals surface area contributed by atoms with Crippen LogP contribution in [-0.2, 0) is 4.79 Å². The second kappa shape index (κ2) is 15.2. The number of hydrogen-bond donors (Lipinski definition) is 2. The molecule has 0 heterocycles. The Bertz CT molecular complexity index is 471. The molecule has 0 aliphatic heterocycles. The number of hydrogen-bond acceptors (Lipinski definition) is 7. The van der Waals surface area contributed by atoms with Gasteiger partial charge in [0.15, 0.2) is 6.29 Å². The monoisotopic (exact) mass is 387 g/mol. The van der Waals surface area contributed by atoms with Crippen molar-refractivity contribution < 1.29 is 24.9 Å². The van der Waals surface area contributed by atoms with E-state index in [0.717, 1.165) is 19.3 Å². The van der Waals surface area contributed by atoms with Gasteiger partial charge in [-0.1, -0.05) is 38.3 Å². The maximum Gasteiger partial charge on any atom is 0.241 e. The van der Waals surface area contributed by atoms with Gasteiger partial charge in [-0.25, -0.2) is 0 Å². The van der Waals surface area contributed by atoms with Gasteiger partial charge in [0.1, 0.15) is 12.2 Å². The second-order valence-corrected chi connectivity index (χ2v) is 6.67. The Balaban J connectivity index is 4.48. The highest BCUT2D eigenvalue weighted by Gasteiger charge is 2.29. The Morgan fingerprint density at radius 1 is 0.889 bits per heavy atom. The van der Waals surface area contributed by atoms with Crippen molar-refractivity contribution in [2.24, 2.45) is 0 Å². The van der Waals surface area contributed by atoms with Gasteiger partial charge < -0.3 is 10.2 Å². The summed E-state index contributed by atoms with van der Waals surface area (Å²) in [5.41, 5.74) is 0. The lowest BCUT2D eigenvalue weighted by Gasteiger charge is -2.15. The topological polar surface area (TPSA) is 144 Å². The van der Waals surface area contributed by atoms with Crippen molar-refractivity contribution in [2.75, 3.05) is 0 Å². The van der Waals surface area contributed by atoms with Gasteiger partial charge in [0, 0.05) is 29.1 Å². The largest absolute Gasteiger partial charge is 0.386 e. The van der Waals surface area contributed by atoms with Crippen LogP contribution in [0.15, 0.2) is 12.2 Å². The minimum Gasteiger partial charge on any atom is -0.386 e. The molecule has 9 heteroatoms. The highest BCUT2D eigenvalue weighted by molar-refractivity contribution is 5.50. The van der Waals surface area contributed by atoms with E-state index in [1.807, 2.05) is 6.92 Å². The predicted molar refractivity (Wildman–Crippen MR) is 100 cm³/mol. The molecular weight excluding hydrogens is 356 g/mol. The van der Waals surface area contributed by atoms with Gasteiger partial charge in [0.25, 0.3) is 0 Å². The Hall–Kier alpha value is -1.87. The number of aliphatic hydroxyl groups excluding tert-OH is 2. The second-order valence-electron chi connectivity index (χ2n) is 6.67. The summed E-state index contributed by atoms with van der Waals surface area (Å²) in [5, 5.41) is 42.2. The molecule has 0 aliphatic carbocycles. The van der Waals surface area contributed by atoms with Crippen LogP contribution in [0.2, 0.25) is 0 Å². The fraction of sp³-hybridized carbons (Fsp3) is 0.833. The van der Waals surface area contributed by atoms with Crippen LogP contribution < -0.4 is 0 Å². The minimum atomic E-state index is -1.21. The van der Waals surface area contributed by atoms with E-state index in [9.17, 15) is 35.2 Å². The van der Waals surface area contributed by atoms with Gasteiger partial charge in [-0.2, -0.15) is 0 Å². The van der Waals surface area contributed by atoms with Gasteiger partial charge in [0.05, 0.1) is 0 Å². The number of nitrogens with zero attached hydrogens (tertiary/aromatic N) is 2. The highest BCUT2D eigenvalue weighted by atomic mass is 16.6. The summed E-state index contributed by atoms with van der Waals surface area (Å²) in [6.45, 7) is 2.00. The van der Waals surface area contributed by atoms with E-state index in [4.69, 9.17) is 0 Å². The molecule has 0 bridgehead atoms. The Kier molecular flexibility index (Phi) is 14.2. The molecule has 0 spiro atoms. The smallest absolute Gasteiger partial charge is 0.241 e. The van der Waals surface area contributed by atoms with Crippen LogP contribution in [0.25, 0.3) is 0 Å². The third kappa shape index (κ3) is 11.4. The van der Waals surface area contributed by atoms with E-state index in [2.05, 4.69) is 0 Å². The zero-order chi connectivity index (χ0) is 20.7. The first kappa shape index (κ1) is 25.1. The lowest BCUT2D eigenvalue weighted by Crippen LogP contribution is -2.34. The molecule has 155 valence electrons. The Labute approximate surface area is 159 Å². The van der Waals surface area contributed by atoms with Crippen LogP contribution in [0.3, 0.4) is 0 Å².